The van der Waals surface area contributed by atoms with Crippen LogP contribution in [0.3, 0.4) is 0 Å². The van der Waals surface area contributed by atoms with E-state index in [2.05, 4.69) is 33.8 Å². The van der Waals surface area contributed by atoms with Crippen LogP contribution in [0.25, 0.3) is 0 Å². The topological polar surface area (TPSA) is 20.2 Å². The molecule has 4 rings (SSSR count). The van der Waals surface area contributed by atoms with Crippen LogP contribution in [0.4, 0.5) is 0 Å². The first-order valence-electron chi connectivity index (χ1n) is 6.83. The highest BCUT2D eigenvalue weighted by Crippen LogP contribution is 2.71. The summed E-state index contributed by atoms with van der Waals surface area (Å²) in [6.07, 6.45) is 4.66. The number of hydrogen-bond donors (Lipinski definition) is 1. The number of rotatable bonds is 1. The predicted octanol–water partition coefficient (Wildman–Crippen LogP) is 3.24. The van der Waals surface area contributed by atoms with Crippen LogP contribution < -0.4 is 0 Å². The summed E-state index contributed by atoms with van der Waals surface area (Å²) in [5, 5.41) is 10.3. The molecule has 0 radical (unpaired) electrons. The molecule has 4 aliphatic carbocycles. The highest BCUT2D eigenvalue weighted by molar-refractivity contribution is 5.31. The summed E-state index contributed by atoms with van der Waals surface area (Å²) in [6, 6.07) is 0. The first-order valence-corrected chi connectivity index (χ1v) is 6.83. The van der Waals surface area contributed by atoms with Crippen LogP contribution in [0.2, 0.25) is 0 Å². The molecule has 2 saturated carbocycles. The lowest BCUT2D eigenvalue weighted by molar-refractivity contribution is -0.215. The summed E-state index contributed by atoms with van der Waals surface area (Å²) in [5.74, 6) is 3.73. The molecule has 1 nitrogen and oxygen atoms in total. The van der Waals surface area contributed by atoms with E-state index in [0.29, 0.717) is 11.3 Å². The molecular formula is C15H24O. The Kier molecular flexibility index (Phi) is 2.12. The van der Waals surface area contributed by atoms with Crippen molar-refractivity contribution in [3.05, 3.63) is 11.6 Å². The van der Waals surface area contributed by atoms with Crippen molar-refractivity contribution in [1.29, 1.82) is 0 Å². The Hall–Kier alpha value is -0.300. The van der Waals surface area contributed by atoms with Crippen molar-refractivity contribution < 1.29 is 5.11 Å². The van der Waals surface area contributed by atoms with Crippen molar-refractivity contribution in [3.63, 3.8) is 0 Å². The van der Waals surface area contributed by atoms with E-state index in [0.717, 1.165) is 23.7 Å². The van der Waals surface area contributed by atoms with Crippen molar-refractivity contribution in [3.8, 4) is 0 Å². The molecule has 0 aromatic carbocycles. The lowest BCUT2D eigenvalue weighted by atomic mass is 9.34. The molecule has 0 amide bonds. The lowest BCUT2D eigenvalue weighted by Crippen LogP contribution is -2.67. The van der Waals surface area contributed by atoms with E-state index in [9.17, 15) is 5.11 Å². The highest BCUT2D eigenvalue weighted by atomic mass is 16.3. The van der Waals surface area contributed by atoms with Crippen LogP contribution >= 0.6 is 0 Å². The molecule has 0 heterocycles. The summed E-state index contributed by atoms with van der Waals surface area (Å²) in [5.41, 5.74) is 1.89. The summed E-state index contributed by atoms with van der Waals surface area (Å²) in [4.78, 5) is 0. The fourth-order valence-corrected chi connectivity index (χ4v) is 5.38. The SMILES string of the molecule is CC1=C[C@@H](O)[C@H]2[C@H]3[C@@H]1[C@@]2(C)CC[C@H]3C(C)C. The van der Waals surface area contributed by atoms with E-state index >= 15 is 0 Å². The van der Waals surface area contributed by atoms with Gasteiger partial charge in [0.15, 0.2) is 0 Å². The van der Waals surface area contributed by atoms with Gasteiger partial charge >= 0.3 is 0 Å². The molecule has 0 saturated heterocycles. The van der Waals surface area contributed by atoms with Crippen LogP contribution in [0, 0.1) is 35.0 Å². The average Bonchev–Trinajstić information content (AvgIpc) is 2.15. The van der Waals surface area contributed by atoms with Gasteiger partial charge in [-0.3, -0.25) is 0 Å². The molecule has 4 aliphatic rings. The van der Waals surface area contributed by atoms with Crippen LogP contribution in [0.5, 0.6) is 0 Å². The van der Waals surface area contributed by atoms with Crippen molar-refractivity contribution in [2.75, 3.05) is 0 Å². The van der Waals surface area contributed by atoms with Gasteiger partial charge in [0.2, 0.25) is 0 Å². The van der Waals surface area contributed by atoms with E-state index in [1.54, 1.807) is 0 Å². The molecule has 1 heteroatoms. The molecular weight excluding hydrogens is 196 g/mol. The second-order valence-electron chi connectivity index (χ2n) is 6.93. The number of hydrogen-bond acceptors (Lipinski definition) is 1. The quantitative estimate of drug-likeness (QED) is 0.673. The van der Waals surface area contributed by atoms with Crippen molar-refractivity contribution >= 4 is 0 Å². The Morgan fingerprint density at radius 2 is 2.12 bits per heavy atom. The fraction of sp³-hybridized carbons (Fsp3) is 0.867. The molecule has 0 spiro atoms. The summed E-state index contributed by atoms with van der Waals surface area (Å²) in [7, 11) is 0. The average molecular weight is 220 g/mol. The van der Waals surface area contributed by atoms with Crippen LogP contribution in [-0.4, -0.2) is 11.2 Å². The Morgan fingerprint density at radius 3 is 2.69 bits per heavy atom. The molecule has 16 heavy (non-hydrogen) atoms. The third-order valence-corrected chi connectivity index (χ3v) is 5.93. The first kappa shape index (κ1) is 10.8. The molecule has 2 fully saturated rings. The Bertz CT molecular complexity index is 343. The van der Waals surface area contributed by atoms with E-state index in [4.69, 9.17) is 0 Å². The maximum atomic E-state index is 10.3. The zero-order valence-corrected chi connectivity index (χ0v) is 10.9. The standard InChI is InChI=1S/C15H24O/c1-8(2)10-5-6-15(4)13-9(3)7-11(16)14(15)12(10)13/h7-8,10-14,16H,5-6H2,1-4H3/t10-,11+,12+,13+,14-,15+/m0/s1. The van der Waals surface area contributed by atoms with Gasteiger partial charge in [-0.25, -0.2) is 0 Å². The zero-order chi connectivity index (χ0) is 11.7. The first-order chi connectivity index (χ1) is 7.47. The van der Waals surface area contributed by atoms with Gasteiger partial charge in [-0.1, -0.05) is 32.4 Å². The molecule has 90 valence electrons. The van der Waals surface area contributed by atoms with Gasteiger partial charge in [-0.15, -0.1) is 0 Å². The molecule has 0 aromatic heterocycles. The van der Waals surface area contributed by atoms with Crippen molar-refractivity contribution in [1.82, 2.24) is 0 Å². The molecule has 0 aromatic rings. The molecule has 4 bridgehead atoms. The minimum absolute atomic E-state index is 0.165. The normalized spacial score (nSPS) is 54.6. The highest BCUT2D eigenvalue weighted by Gasteiger charge is 2.67. The maximum absolute atomic E-state index is 10.3. The van der Waals surface area contributed by atoms with Gasteiger partial charge in [0, 0.05) is 0 Å². The van der Waals surface area contributed by atoms with E-state index in [1.165, 1.54) is 18.4 Å². The summed E-state index contributed by atoms with van der Waals surface area (Å²) < 4.78 is 0. The molecule has 6 atom stereocenters. The van der Waals surface area contributed by atoms with Crippen molar-refractivity contribution in [2.24, 2.45) is 35.0 Å². The maximum Gasteiger partial charge on any atom is 0.0760 e. The third-order valence-electron chi connectivity index (χ3n) is 5.93. The van der Waals surface area contributed by atoms with Crippen LogP contribution in [-0.2, 0) is 0 Å². The summed E-state index contributed by atoms with van der Waals surface area (Å²) >= 11 is 0. The van der Waals surface area contributed by atoms with Gasteiger partial charge in [0.1, 0.15) is 0 Å². The Labute approximate surface area is 98.9 Å². The van der Waals surface area contributed by atoms with Crippen LogP contribution in [0.1, 0.15) is 40.5 Å². The summed E-state index contributed by atoms with van der Waals surface area (Å²) in [6.45, 7) is 9.35. The minimum atomic E-state index is -0.165. The van der Waals surface area contributed by atoms with E-state index in [-0.39, 0.29) is 6.10 Å². The molecule has 0 aliphatic heterocycles. The largest absolute Gasteiger partial charge is 0.389 e. The molecule has 1 N–H and O–H groups in total. The van der Waals surface area contributed by atoms with Gasteiger partial charge < -0.3 is 5.11 Å². The third kappa shape index (κ3) is 1.06. The number of aliphatic hydroxyl groups is 1. The van der Waals surface area contributed by atoms with Gasteiger partial charge in [0.25, 0.3) is 0 Å². The van der Waals surface area contributed by atoms with Gasteiger partial charge in [0.05, 0.1) is 6.10 Å². The van der Waals surface area contributed by atoms with E-state index < -0.39 is 0 Å². The second-order valence-corrected chi connectivity index (χ2v) is 6.93. The van der Waals surface area contributed by atoms with Gasteiger partial charge in [-0.05, 0) is 54.8 Å². The zero-order valence-electron chi connectivity index (χ0n) is 10.9. The Balaban J connectivity index is 1.99. The number of aliphatic hydroxyl groups excluding tert-OH is 1. The monoisotopic (exact) mass is 220 g/mol. The van der Waals surface area contributed by atoms with Crippen molar-refractivity contribution in [2.45, 2.75) is 46.6 Å². The smallest absolute Gasteiger partial charge is 0.0760 e. The predicted molar refractivity (Wildman–Crippen MR) is 65.9 cm³/mol. The lowest BCUT2D eigenvalue weighted by Gasteiger charge is -2.71. The fourth-order valence-electron chi connectivity index (χ4n) is 5.38. The number of fused-ring (bicyclic) bond motifs is 1. The van der Waals surface area contributed by atoms with E-state index in [1.807, 2.05) is 0 Å². The number of allylic oxidation sites excluding steroid dienone is 1. The van der Waals surface area contributed by atoms with Gasteiger partial charge in [-0.2, -0.15) is 0 Å². The Morgan fingerprint density at radius 1 is 1.44 bits per heavy atom. The second kappa shape index (κ2) is 3.13. The molecule has 0 unspecified atom stereocenters. The van der Waals surface area contributed by atoms with Crippen LogP contribution in [0.15, 0.2) is 11.6 Å². The minimum Gasteiger partial charge on any atom is -0.389 e.